The van der Waals surface area contributed by atoms with Gasteiger partial charge in [-0.25, -0.2) is 0 Å². The van der Waals surface area contributed by atoms with Crippen LogP contribution in [0.15, 0.2) is 11.8 Å². The molecule has 0 aromatic carbocycles. The summed E-state index contributed by atoms with van der Waals surface area (Å²) in [5, 5.41) is 10.6. The van der Waals surface area contributed by atoms with Gasteiger partial charge >= 0.3 is 0 Å². The number of likely N-dealkylation sites (tertiary alicyclic amines) is 1. The van der Waals surface area contributed by atoms with Crippen LogP contribution in [0.25, 0.3) is 0 Å². The molecule has 4 aliphatic carbocycles. The molecule has 1 N–H and O–H groups in total. The monoisotopic (exact) mass is 343 g/mol. The van der Waals surface area contributed by atoms with Crippen molar-refractivity contribution in [3.8, 4) is 0 Å². The molecule has 0 amide bonds. The number of hydrogen-bond donors (Lipinski definition) is 1. The summed E-state index contributed by atoms with van der Waals surface area (Å²) < 4.78 is 0. The van der Waals surface area contributed by atoms with Gasteiger partial charge in [-0.2, -0.15) is 0 Å². The fourth-order valence-corrected chi connectivity index (χ4v) is 8.08. The molecule has 0 bridgehead atoms. The molecule has 1 aliphatic heterocycles. The molecule has 0 unspecified atom stereocenters. The minimum atomic E-state index is -0.0306. The SMILES string of the molecule is C[C@]12CCC(N3CCCC3)=C[C@@H]1CC[C@@H]1[C@@H]2CC[C@]2(C)[C@@H](O)CC[C@@H]12. The zero-order valence-corrected chi connectivity index (χ0v) is 16.3. The Bertz CT molecular complexity index is 564. The first-order valence-electron chi connectivity index (χ1n) is 11.2. The van der Waals surface area contributed by atoms with Crippen LogP contribution in [0.5, 0.6) is 0 Å². The van der Waals surface area contributed by atoms with E-state index in [0.717, 1.165) is 30.1 Å². The molecule has 2 nitrogen and oxygen atoms in total. The molecule has 5 aliphatic rings. The summed E-state index contributed by atoms with van der Waals surface area (Å²) in [4.78, 5) is 2.69. The van der Waals surface area contributed by atoms with Crippen LogP contribution in [0.1, 0.15) is 78.1 Å². The van der Waals surface area contributed by atoms with Crippen LogP contribution < -0.4 is 0 Å². The fourth-order valence-electron chi connectivity index (χ4n) is 8.08. The van der Waals surface area contributed by atoms with Crippen LogP contribution in [0, 0.1) is 34.5 Å². The zero-order valence-electron chi connectivity index (χ0n) is 16.3. The number of allylic oxidation sites excluding steroid dienone is 2. The average Bonchev–Trinajstić information content (AvgIpc) is 3.23. The van der Waals surface area contributed by atoms with Crippen molar-refractivity contribution in [2.24, 2.45) is 34.5 Å². The van der Waals surface area contributed by atoms with Crippen molar-refractivity contribution in [3.05, 3.63) is 11.8 Å². The Morgan fingerprint density at radius 3 is 2.48 bits per heavy atom. The number of aliphatic hydroxyl groups is 1. The molecule has 0 aromatic rings. The van der Waals surface area contributed by atoms with Gasteiger partial charge in [-0.05, 0) is 98.7 Å². The minimum Gasteiger partial charge on any atom is -0.393 e. The van der Waals surface area contributed by atoms with Crippen LogP contribution in [0.2, 0.25) is 0 Å². The predicted octanol–water partition coefficient (Wildman–Crippen LogP) is 4.98. The lowest BCUT2D eigenvalue weighted by molar-refractivity contribution is -0.105. The van der Waals surface area contributed by atoms with Gasteiger partial charge in [-0.1, -0.05) is 19.9 Å². The van der Waals surface area contributed by atoms with Gasteiger partial charge in [-0.15, -0.1) is 0 Å². The highest BCUT2D eigenvalue weighted by Gasteiger charge is 2.59. The maximum absolute atomic E-state index is 10.6. The molecular weight excluding hydrogens is 306 g/mol. The third-order valence-corrected chi connectivity index (χ3v) is 9.72. The number of hydrogen-bond acceptors (Lipinski definition) is 2. The van der Waals surface area contributed by atoms with E-state index in [1.807, 2.05) is 0 Å². The highest BCUT2D eigenvalue weighted by molar-refractivity contribution is 5.18. The van der Waals surface area contributed by atoms with Gasteiger partial charge in [0.1, 0.15) is 0 Å². The number of nitrogens with zero attached hydrogens (tertiary/aromatic N) is 1. The summed E-state index contributed by atoms with van der Waals surface area (Å²) in [6.45, 7) is 7.66. The molecule has 25 heavy (non-hydrogen) atoms. The van der Waals surface area contributed by atoms with Gasteiger partial charge in [0.25, 0.3) is 0 Å². The Kier molecular flexibility index (Phi) is 3.83. The Morgan fingerprint density at radius 2 is 1.68 bits per heavy atom. The first-order chi connectivity index (χ1) is 12.0. The van der Waals surface area contributed by atoms with Crippen molar-refractivity contribution in [1.82, 2.24) is 4.90 Å². The standard InChI is InChI=1S/C23H37NO/c1-22-11-9-17(24-13-3-4-14-24)15-16(22)5-6-18-19-7-8-21(25)23(19,2)12-10-20(18)22/h15-16,18-21,25H,3-14H2,1-2H3/t16-,18-,19-,20-,21-,22-,23-/m0/s1. The summed E-state index contributed by atoms with van der Waals surface area (Å²) in [6.07, 6.45) is 16.0. The average molecular weight is 344 g/mol. The molecule has 0 radical (unpaired) electrons. The molecule has 5 rings (SSSR count). The van der Waals surface area contributed by atoms with Gasteiger partial charge in [0.2, 0.25) is 0 Å². The molecule has 3 saturated carbocycles. The summed E-state index contributed by atoms with van der Waals surface area (Å²) in [7, 11) is 0. The first kappa shape index (κ1) is 16.7. The van der Waals surface area contributed by atoms with E-state index in [9.17, 15) is 5.11 Å². The predicted molar refractivity (Wildman–Crippen MR) is 102 cm³/mol. The fraction of sp³-hybridized carbons (Fsp3) is 0.913. The van der Waals surface area contributed by atoms with Crippen LogP contribution in [-0.2, 0) is 0 Å². The molecule has 1 saturated heterocycles. The van der Waals surface area contributed by atoms with Gasteiger partial charge < -0.3 is 10.0 Å². The van der Waals surface area contributed by atoms with Crippen molar-refractivity contribution < 1.29 is 5.11 Å². The van der Waals surface area contributed by atoms with E-state index in [2.05, 4.69) is 24.8 Å². The summed E-state index contributed by atoms with van der Waals surface area (Å²) >= 11 is 0. The normalized spacial score (nSPS) is 52.4. The van der Waals surface area contributed by atoms with Crippen LogP contribution in [0.3, 0.4) is 0 Å². The molecule has 0 spiro atoms. The number of fused-ring (bicyclic) bond motifs is 5. The topological polar surface area (TPSA) is 23.5 Å². The second kappa shape index (κ2) is 5.75. The third kappa shape index (κ3) is 2.32. The van der Waals surface area contributed by atoms with E-state index in [1.54, 1.807) is 5.70 Å². The van der Waals surface area contributed by atoms with Crippen molar-refractivity contribution >= 4 is 0 Å². The number of aliphatic hydroxyl groups excluding tert-OH is 1. The molecule has 4 fully saturated rings. The summed E-state index contributed by atoms with van der Waals surface area (Å²) in [5.41, 5.74) is 2.45. The Hall–Kier alpha value is -0.500. The van der Waals surface area contributed by atoms with Crippen molar-refractivity contribution in [2.45, 2.75) is 84.2 Å². The second-order valence-corrected chi connectivity index (χ2v) is 10.6. The Morgan fingerprint density at radius 1 is 0.920 bits per heavy atom. The molecule has 7 atom stereocenters. The van der Waals surface area contributed by atoms with Crippen LogP contribution in [0.4, 0.5) is 0 Å². The highest BCUT2D eigenvalue weighted by atomic mass is 16.3. The molecular formula is C23H37NO. The lowest BCUT2D eigenvalue weighted by Gasteiger charge is -2.59. The summed E-state index contributed by atoms with van der Waals surface area (Å²) in [5.74, 6) is 3.40. The largest absolute Gasteiger partial charge is 0.393 e. The molecule has 2 heteroatoms. The van der Waals surface area contributed by atoms with Crippen molar-refractivity contribution in [3.63, 3.8) is 0 Å². The summed E-state index contributed by atoms with van der Waals surface area (Å²) in [6, 6.07) is 0. The smallest absolute Gasteiger partial charge is 0.0596 e. The van der Waals surface area contributed by atoms with E-state index >= 15 is 0 Å². The van der Waals surface area contributed by atoms with Crippen LogP contribution >= 0.6 is 0 Å². The second-order valence-electron chi connectivity index (χ2n) is 10.6. The van der Waals surface area contributed by atoms with Crippen molar-refractivity contribution in [2.75, 3.05) is 13.1 Å². The minimum absolute atomic E-state index is 0.0306. The Labute approximate surface area is 154 Å². The first-order valence-corrected chi connectivity index (χ1v) is 11.2. The molecule has 1 heterocycles. The van der Waals surface area contributed by atoms with E-state index in [-0.39, 0.29) is 11.5 Å². The molecule has 0 aromatic heterocycles. The van der Waals surface area contributed by atoms with Crippen LogP contribution in [-0.4, -0.2) is 29.2 Å². The van der Waals surface area contributed by atoms with E-state index in [4.69, 9.17) is 0 Å². The van der Waals surface area contributed by atoms with Gasteiger partial charge in [0, 0.05) is 18.8 Å². The quantitative estimate of drug-likeness (QED) is 0.726. The van der Waals surface area contributed by atoms with Gasteiger partial charge in [0.15, 0.2) is 0 Å². The Balaban J connectivity index is 1.40. The van der Waals surface area contributed by atoms with E-state index in [0.29, 0.717) is 5.41 Å². The maximum Gasteiger partial charge on any atom is 0.0596 e. The highest BCUT2D eigenvalue weighted by Crippen LogP contribution is 2.65. The van der Waals surface area contributed by atoms with E-state index in [1.165, 1.54) is 70.9 Å². The third-order valence-electron chi connectivity index (χ3n) is 9.72. The zero-order chi connectivity index (χ0) is 17.2. The lowest BCUT2D eigenvalue weighted by Crippen LogP contribution is -2.53. The van der Waals surface area contributed by atoms with Gasteiger partial charge in [-0.3, -0.25) is 0 Å². The molecule has 140 valence electrons. The maximum atomic E-state index is 10.6. The lowest BCUT2D eigenvalue weighted by atomic mass is 9.46. The number of rotatable bonds is 1. The van der Waals surface area contributed by atoms with E-state index < -0.39 is 0 Å². The van der Waals surface area contributed by atoms with Crippen molar-refractivity contribution in [1.29, 1.82) is 0 Å². The van der Waals surface area contributed by atoms with Gasteiger partial charge in [0.05, 0.1) is 6.10 Å².